The Morgan fingerprint density at radius 2 is 0.258 bits per heavy atom. The van der Waals surface area contributed by atoms with Crippen LogP contribution in [0.4, 0.5) is 0 Å². The van der Waals surface area contributed by atoms with Gasteiger partial charge in [-0.3, -0.25) is 0 Å². The number of hydrogen-bond acceptors (Lipinski definition) is 6. The molecule has 6 nitrogen and oxygen atoms in total. The predicted molar refractivity (Wildman–Crippen MR) is 413 cm³/mol. The Balaban J connectivity index is -0.00000131. The van der Waals surface area contributed by atoms with E-state index in [1.807, 2.05) is 0 Å². The third kappa shape index (κ3) is 96.1. The van der Waals surface area contributed by atoms with Gasteiger partial charge < -0.3 is 14.2 Å². The summed E-state index contributed by atoms with van der Waals surface area (Å²) in [6, 6.07) is 0. The summed E-state index contributed by atoms with van der Waals surface area (Å²) in [5, 5.41) is 0. The van der Waals surface area contributed by atoms with E-state index in [2.05, 4.69) is 40.5 Å². The van der Waals surface area contributed by atoms with Gasteiger partial charge in [-0.15, -0.1) is 0 Å². The summed E-state index contributed by atoms with van der Waals surface area (Å²) in [6.07, 6.45) is 105. The van der Waals surface area contributed by atoms with E-state index in [0.29, 0.717) is 19.8 Å². The Kier molecular flexibility index (Phi) is 93.5. The summed E-state index contributed by atoms with van der Waals surface area (Å²) >= 11 is 0. The van der Waals surface area contributed by atoms with Crippen LogP contribution < -0.4 is 0 Å². The molecule has 0 fully saturated rings. The molecule has 0 bridgehead atoms. The van der Waals surface area contributed by atoms with E-state index in [-0.39, 0.29) is 17.9 Å². The van der Waals surface area contributed by atoms with Gasteiger partial charge >= 0.3 is 17.9 Å². The lowest BCUT2D eigenvalue weighted by molar-refractivity contribution is -0.138. The van der Waals surface area contributed by atoms with E-state index >= 15 is 0 Å². The minimum Gasteiger partial charge on any atom is -0.463 e. The molecule has 0 unspecified atom stereocenters. The number of rotatable bonds is 78. The molecule has 0 aromatic rings. The molecule has 0 spiro atoms. The Bertz CT molecular complexity index is 1420. The van der Waals surface area contributed by atoms with Crippen LogP contribution in [0.25, 0.3) is 0 Å². The van der Waals surface area contributed by atoms with Crippen LogP contribution in [0.1, 0.15) is 483 Å². The van der Waals surface area contributed by atoms with Crippen LogP contribution in [0.2, 0.25) is 0 Å². The minimum absolute atomic E-state index is 0.297. The highest BCUT2D eigenvalue weighted by atomic mass is 16.5. The average Bonchev–Trinajstić information content (AvgIpc) is 3.58. The summed E-state index contributed by atoms with van der Waals surface area (Å²) in [5.74, 6) is -0.891. The zero-order valence-corrected chi connectivity index (χ0v) is 63.8. The Morgan fingerprint density at radius 3 is 0.344 bits per heavy atom. The molecule has 0 saturated heterocycles. The molecule has 93 heavy (non-hydrogen) atoms. The standard InChI is InChI=1S/C30H58O2.C29H56O2.C28H54O2/c1-3-5-6-7-8-9-10-11-12-13-14-15-16-17-18-19-20-21-22-23-24-25-26-27-28-29-32-30(31)4-2;1-3-5-6-7-8-9-10-11-12-13-14-15-16-17-18-19-20-21-22-23-24-25-26-27-28-31-29(30)4-2;1-3-5-6-7-8-9-10-11-12-13-14-15-16-17-18-19-20-21-22-23-24-25-26-27-30-28(29)4-2/h4H,2-3,5-29H2,1H3;4H,2-3,5-28H2,1H3;4H,2-3,5-27H2,1H3. The second-order valence-corrected chi connectivity index (χ2v) is 28.5. The van der Waals surface area contributed by atoms with Crippen LogP contribution >= 0.6 is 0 Å². The second kappa shape index (κ2) is 91.7. The first kappa shape index (κ1) is 94.8. The fourth-order valence-electron chi connectivity index (χ4n) is 12.9. The Hall–Kier alpha value is -2.37. The lowest BCUT2D eigenvalue weighted by Gasteiger charge is -2.04. The molecule has 0 radical (unpaired) electrons. The molecule has 0 aromatic carbocycles. The lowest BCUT2D eigenvalue weighted by atomic mass is 10.0. The molecular formula is C87H168O6. The molecule has 0 aliphatic heterocycles. The SMILES string of the molecule is C=CC(=O)OCCCCCCCCCCCCCCCCCCCCCCCCC.C=CC(=O)OCCCCCCCCCCCCCCCCCCCCCCCCCC.C=CC(=O)OCCCCCCCCCCCCCCCCCCCCCCCCCCC. The van der Waals surface area contributed by atoms with Crippen LogP contribution in [-0.2, 0) is 28.6 Å². The van der Waals surface area contributed by atoms with Crippen molar-refractivity contribution in [2.45, 2.75) is 483 Å². The van der Waals surface area contributed by atoms with Gasteiger partial charge in [-0.25, -0.2) is 14.4 Å². The van der Waals surface area contributed by atoms with Gasteiger partial charge in [0.25, 0.3) is 0 Å². The molecule has 0 aliphatic rings. The maximum atomic E-state index is 10.9. The van der Waals surface area contributed by atoms with E-state index < -0.39 is 0 Å². The van der Waals surface area contributed by atoms with Crippen molar-refractivity contribution >= 4 is 17.9 Å². The van der Waals surface area contributed by atoms with Gasteiger partial charge in [0.1, 0.15) is 0 Å². The molecule has 0 aromatic heterocycles. The molecule has 6 heteroatoms. The molecule has 0 amide bonds. The van der Waals surface area contributed by atoms with Crippen LogP contribution in [0.5, 0.6) is 0 Å². The first-order valence-electron chi connectivity index (χ1n) is 42.3. The molecule has 0 rings (SSSR count). The first-order chi connectivity index (χ1) is 45.9. The molecule has 0 saturated carbocycles. The number of carbonyl (C=O) groups excluding carboxylic acids is 3. The quantitative estimate of drug-likeness (QED) is 0.0261. The highest BCUT2D eigenvalue weighted by Crippen LogP contribution is 2.20. The van der Waals surface area contributed by atoms with Crippen LogP contribution in [-0.4, -0.2) is 37.7 Å². The number of carbonyl (C=O) groups is 3. The monoisotopic (exact) mass is 1310 g/mol. The maximum absolute atomic E-state index is 10.9. The van der Waals surface area contributed by atoms with Crippen LogP contribution in [0.15, 0.2) is 38.0 Å². The molecule has 0 aliphatic carbocycles. The lowest BCUT2D eigenvalue weighted by Crippen LogP contribution is -2.01. The Morgan fingerprint density at radius 1 is 0.172 bits per heavy atom. The van der Waals surface area contributed by atoms with Crippen LogP contribution in [0, 0.1) is 0 Å². The normalized spacial score (nSPS) is 11.0. The summed E-state index contributed by atoms with van der Waals surface area (Å²) in [7, 11) is 0. The van der Waals surface area contributed by atoms with Gasteiger partial charge in [-0.1, -0.05) is 484 Å². The van der Waals surface area contributed by atoms with Crippen molar-refractivity contribution in [3.05, 3.63) is 38.0 Å². The van der Waals surface area contributed by atoms with E-state index in [1.165, 1.54) is 461 Å². The number of unbranched alkanes of at least 4 members (excludes halogenated alkanes) is 69. The summed E-state index contributed by atoms with van der Waals surface area (Å²) in [4.78, 5) is 32.7. The highest BCUT2D eigenvalue weighted by molar-refractivity contribution is 5.81. The fraction of sp³-hybridized carbons (Fsp3) is 0.897. The van der Waals surface area contributed by atoms with Crippen molar-refractivity contribution in [3.8, 4) is 0 Å². The van der Waals surface area contributed by atoms with E-state index in [4.69, 9.17) is 14.2 Å². The Labute approximate surface area is 584 Å². The van der Waals surface area contributed by atoms with Gasteiger partial charge in [0.2, 0.25) is 0 Å². The smallest absolute Gasteiger partial charge is 0.330 e. The molecule has 0 N–H and O–H groups in total. The van der Waals surface area contributed by atoms with Crippen molar-refractivity contribution in [1.29, 1.82) is 0 Å². The average molecular weight is 1310 g/mol. The second-order valence-electron chi connectivity index (χ2n) is 28.5. The third-order valence-corrected chi connectivity index (χ3v) is 19.2. The van der Waals surface area contributed by atoms with Gasteiger partial charge in [0, 0.05) is 18.2 Å². The van der Waals surface area contributed by atoms with E-state index in [0.717, 1.165) is 19.3 Å². The highest BCUT2D eigenvalue weighted by Gasteiger charge is 2.03. The summed E-state index contributed by atoms with van der Waals surface area (Å²) < 4.78 is 15.0. The minimum atomic E-state index is -0.297. The first-order valence-corrected chi connectivity index (χ1v) is 42.3. The van der Waals surface area contributed by atoms with Crippen molar-refractivity contribution in [2.75, 3.05) is 19.8 Å². The zero-order chi connectivity index (χ0) is 68.0. The number of esters is 3. The molecule has 552 valence electrons. The molecule has 0 atom stereocenters. The van der Waals surface area contributed by atoms with Crippen molar-refractivity contribution < 1.29 is 28.6 Å². The van der Waals surface area contributed by atoms with Gasteiger partial charge in [-0.2, -0.15) is 0 Å². The molecule has 0 heterocycles. The predicted octanol–water partition coefficient (Wildman–Crippen LogP) is 30.3. The summed E-state index contributed by atoms with van der Waals surface area (Å²) in [5.41, 5.74) is 0. The van der Waals surface area contributed by atoms with Crippen molar-refractivity contribution in [3.63, 3.8) is 0 Å². The number of ether oxygens (including phenoxy) is 3. The van der Waals surface area contributed by atoms with Gasteiger partial charge in [0.05, 0.1) is 19.8 Å². The zero-order valence-electron chi connectivity index (χ0n) is 63.8. The fourth-order valence-corrected chi connectivity index (χ4v) is 12.9. The largest absolute Gasteiger partial charge is 0.463 e. The maximum Gasteiger partial charge on any atom is 0.330 e. The summed E-state index contributed by atoms with van der Waals surface area (Å²) in [6.45, 7) is 18.7. The van der Waals surface area contributed by atoms with Gasteiger partial charge in [-0.05, 0) is 19.3 Å². The van der Waals surface area contributed by atoms with Crippen LogP contribution in [0.3, 0.4) is 0 Å². The van der Waals surface area contributed by atoms with Crippen molar-refractivity contribution in [2.24, 2.45) is 0 Å². The van der Waals surface area contributed by atoms with E-state index in [9.17, 15) is 14.4 Å². The van der Waals surface area contributed by atoms with Gasteiger partial charge in [0.15, 0.2) is 0 Å². The van der Waals surface area contributed by atoms with E-state index in [1.54, 1.807) is 0 Å². The number of hydrogen-bond donors (Lipinski definition) is 0. The topological polar surface area (TPSA) is 78.9 Å². The third-order valence-electron chi connectivity index (χ3n) is 19.2. The van der Waals surface area contributed by atoms with Crippen molar-refractivity contribution in [1.82, 2.24) is 0 Å². The molecular weight excluding hydrogens is 1140 g/mol.